The molecule has 0 saturated heterocycles. The second-order valence-corrected chi connectivity index (χ2v) is 12.4. The predicted octanol–water partition coefficient (Wildman–Crippen LogP) is 9.67. The van der Waals surface area contributed by atoms with E-state index >= 15 is 0 Å². The molecule has 0 aliphatic rings. The molecule has 0 spiro atoms. The van der Waals surface area contributed by atoms with Crippen LogP contribution in [0, 0.1) is 0 Å². The average molecular weight is 485 g/mol. The number of benzene rings is 2. The summed E-state index contributed by atoms with van der Waals surface area (Å²) in [5, 5.41) is 0. The van der Waals surface area contributed by atoms with Gasteiger partial charge in [-0.15, -0.1) is 0 Å². The van der Waals surface area contributed by atoms with E-state index in [1.165, 1.54) is 66.3 Å². The van der Waals surface area contributed by atoms with Crippen LogP contribution in [0.25, 0.3) is 0 Å². The average Bonchev–Trinajstić information content (AvgIpc) is 2.87. The molecule has 0 amide bonds. The third-order valence-electron chi connectivity index (χ3n) is 8.17. The molecule has 0 aliphatic heterocycles. The highest BCUT2D eigenvalue weighted by atomic mass is 15.0. The van der Waals surface area contributed by atoms with Crippen LogP contribution in [0.3, 0.4) is 0 Å². The third-order valence-corrected chi connectivity index (χ3v) is 8.17. The summed E-state index contributed by atoms with van der Waals surface area (Å²) >= 11 is 0. The lowest BCUT2D eigenvalue weighted by Crippen LogP contribution is -2.40. The number of nitrogens with zero attached hydrogens (tertiary/aromatic N) is 1. The van der Waals surface area contributed by atoms with Gasteiger partial charge < -0.3 is 0 Å². The topological polar surface area (TPSA) is 3.88 Å². The number of hydrogen-bond acceptors (Lipinski definition) is 0. The minimum absolute atomic E-state index is 0.159. The van der Waals surface area contributed by atoms with E-state index in [-0.39, 0.29) is 16.9 Å². The normalized spacial score (nSPS) is 12.5. The maximum absolute atomic E-state index is 2.38. The van der Waals surface area contributed by atoms with E-state index in [0.717, 1.165) is 0 Å². The molecule has 0 atom stereocenters. The molecular formula is C35H50N+. The van der Waals surface area contributed by atoms with Crippen LogP contribution in [-0.4, -0.2) is 0 Å². The quantitative estimate of drug-likeness (QED) is 0.225. The van der Waals surface area contributed by atoms with Crippen LogP contribution in [-0.2, 0) is 10.8 Å². The van der Waals surface area contributed by atoms with E-state index in [4.69, 9.17) is 0 Å². The Morgan fingerprint density at radius 2 is 0.972 bits per heavy atom. The molecule has 1 heterocycles. The Hall–Kier alpha value is -2.41. The van der Waals surface area contributed by atoms with E-state index in [9.17, 15) is 0 Å². The molecule has 0 bridgehead atoms. The fourth-order valence-electron chi connectivity index (χ4n) is 5.30. The minimum Gasteiger partial charge on any atom is -0.194 e. The van der Waals surface area contributed by atoms with Crippen molar-refractivity contribution in [2.75, 3.05) is 0 Å². The number of aromatic nitrogens is 1. The lowest BCUT2D eigenvalue weighted by molar-refractivity contribution is -0.704. The van der Waals surface area contributed by atoms with Crippen LogP contribution < -0.4 is 4.57 Å². The van der Waals surface area contributed by atoms with Gasteiger partial charge in [-0.3, -0.25) is 0 Å². The van der Waals surface area contributed by atoms with Crippen molar-refractivity contribution in [1.29, 1.82) is 0 Å². The molecule has 194 valence electrons. The lowest BCUT2D eigenvalue weighted by atomic mass is 9.79. The fourth-order valence-corrected chi connectivity index (χ4v) is 5.30. The largest absolute Gasteiger partial charge is 0.208 e. The van der Waals surface area contributed by atoms with E-state index in [2.05, 4.69) is 133 Å². The van der Waals surface area contributed by atoms with Gasteiger partial charge >= 0.3 is 0 Å². The van der Waals surface area contributed by atoms with Crippen molar-refractivity contribution in [1.82, 2.24) is 0 Å². The predicted molar refractivity (Wildman–Crippen MR) is 156 cm³/mol. The Morgan fingerprint density at radius 3 is 1.31 bits per heavy atom. The Kier molecular flexibility index (Phi) is 9.56. The Bertz CT molecular complexity index is 990. The monoisotopic (exact) mass is 484 g/mol. The summed E-state index contributed by atoms with van der Waals surface area (Å²) in [6.45, 7) is 18.6. The third kappa shape index (κ3) is 6.87. The summed E-state index contributed by atoms with van der Waals surface area (Å²) < 4.78 is 2.38. The molecule has 0 N–H and O–H groups in total. The van der Waals surface area contributed by atoms with Gasteiger partial charge in [-0.25, -0.2) is 0 Å². The van der Waals surface area contributed by atoms with Crippen molar-refractivity contribution in [3.05, 3.63) is 101 Å². The van der Waals surface area contributed by atoms with Crippen LogP contribution in [0.5, 0.6) is 0 Å². The highest BCUT2D eigenvalue weighted by Crippen LogP contribution is 2.33. The molecule has 0 radical (unpaired) electrons. The molecule has 0 unspecified atom stereocenters. The minimum atomic E-state index is 0.159. The summed E-state index contributed by atoms with van der Waals surface area (Å²) in [5.74, 6) is 0.535. The van der Waals surface area contributed by atoms with E-state index in [1.807, 2.05) is 0 Å². The smallest absolute Gasteiger partial charge is 0.194 e. The number of hydrogen-bond donors (Lipinski definition) is 0. The molecule has 1 aromatic heterocycles. The molecule has 0 fully saturated rings. The molecule has 1 nitrogen and oxygen atoms in total. The molecule has 0 aliphatic carbocycles. The van der Waals surface area contributed by atoms with E-state index in [1.54, 1.807) is 0 Å². The zero-order chi connectivity index (χ0) is 26.3. The van der Waals surface area contributed by atoms with Gasteiger partial charge in [-0.1, -0.05) is 130 Å². The lowest BCUT2D eigenvalue weighted by Gasteiger charge is -2.26. The first kappa shape index (κ1) is 28.2. The summed E-state index contributed by atoms with van der Waals surface area (Å²) in [4.78, 5) is 0. The SMILES string of the molecule is CCCCC(C)(C)c1ccc(C(c2ccc(C(C)(C)CCCC)cc2)[n+]2ccc(C(C)C)cc2)cc1. The van der Waals surface area contributed by atoms with Gasteiger partial charge in [-0.2, -0.15) is 4.57 Å². The first-order valence-electron chi connectivity index (χ1n) is 14.3. The summed E-state index contributed by atoms with van der Waals surface area (Å²) in [6, 6.07) is 23.6. The zero-order valence-electron chi connectivity index (χ0n) is 24.3. The summed E-state index contributed by atoms with van der Waals surface area (Å²) in [7, 11) is 0. The number of rotatable bonds is 12. The number of pyridine rings is 1. The second-order valence-electron chi connectivity index (χ2n) is 12.4. The first-order valence-corrected chi connectivity index (χ1v) is 14.3. The van der Waals surface area contributed by atoms with Crippen LogP contribution in [0.1, 0.15) is 134 Å². The first-order chi connectivity index (χ1) is 17.1. The molecule has 36 heavy (non-hydrogen) atoms. The molecule has 3 aromatic rings. The van der Waals surface area contributed by atoms with Gasteiger partial charge in [-0.05, 0) is 46.3 Å². The maximum atomic E-state index is 2.38. The standard InChI is InChI=1S/C35H50N/c1-9-11-23-34(5,6)31-17-13-29(14-18-31)33(36-25-21-28(22-26-36)27(3)4)30-15-19-32(20-16-30)35(7,8)24-12-10-2/h13-22,25-27,33H,9-12,23-24H2,1-8H3/q+1. The van der Waals surface area contributed by atoms with Crippen LogP contribution in [0.4, 0.5) is 0 Å². The summed E-state index contributed by atoms with van der Waals surface area (Å²) in [5.41, 5.74) is 7.35. The van der Waals surface area contributed by atoms with Crippen molar-refractivity contribution in [3.63, 3.8) is 0 Å². The molecule has 1 heteroatoms. The van der Waals surface area contributed by atoms with Gasteiger partial charge in [0.25, 0.3) is 0 Å². The fraction of sp³-hybridized carbons (Fsp3) is 0.514. The second kappa shape index (κ2) is 12.2. The van der Waals surface area contributed by atoms with Crippen molar-refractivity contribution >= 4 is 0 Å². The zero-order valence-corrected chi connectivity index (χ0v) is 24.3. The van der Waals surface area contributed by atoms with Gasteiger partial charge in [0, 0.05) is 23.3 Å². The highest BCUT2D eigenvalue weighted by molar-refractivity contribution is 5.36. The van der Waals surface area contributed by atoms with Crippen molar-refractivity contribution in [2.45, 2.75) is 117 Å². The highest BCUT2D eigenvalue weighted by Gasteiger charge is 2.27. The van der Waals surface area contributed by atoms with E-state index in [0.29, 0.717) is 5.92 Å². The molecule has 0 saturated carbocycles. The van der Waals surface area contributed by atoms with Crippen molar-refractivity contribution < 1.29 is 4.57 Å². The summed E-state index contributed by atoms with van der Waals surface area (Å²) in [6.07, 6.45) is 12.0. The van der Waals surface area contributed by atoms with Crippen LogP contribution in [0.2, 0.25) is 0 Å². The van der Waals surface area contributed by atoms with E-state index < -0.39 is 0 Å². The van der Waals surface area contributed by atoms with Crippen LogP contribution >= 0.6 is 0 Å². The molecule has 2 aromatic carbocycles. The van der Waals surface area contributed by atoms with Crippen molar-refractivity contribution in [2.24, 2.45) is 0 Å². The Morgan fingerprint density at radius 1 is 0.583 bits per heavy atom. The molecule has 3 rings (SSSR count). The van der Waals surface area contributed by atoms with Gasteiger partial charge in [0.2, 0.25) is 6.04 Å². The van der Waals surface area contributed by atoms with Crippen molar-refractivity contribution in [3.8, 4) is 0 Å². The van der Waals surface area contributed by atoms with Gasteiger partial charge in [0.15, 0.2) is 12.4 Å². The van der Waals surface area contributed by atoms with Gasteiger partial charge in [0.05, 0.1) is 0 Å². The van der Waals surface area contributed by atoms with Crippen LogP contribution in [0.15, 0.2) is 73.1 Å². The Balaban J connectivity index is 1.99. The molecular weight excluding hydrogens is 434 g/mol. The number of unbranched alkanes of at least 4 members (excludes halogenated alkanes) is 2. The van der Waals surface area contributed by atoms with Gasteiger partial charge in [0.1, 0.15) is 0 Å². The maximum Gasteiger partial charge on any atom is 0.208 e. The Labute approximate surface area is 222 Å².